The number of ether oxygens (including phenoxy) is 2. The highest BCUT2D eigenvalue weighted by atomic mass is 35.5. The van der Waals surface area contributed by atoms with Gasteiger partial charge < -0.3 is 9.47 Å². The second-order valence-corrected chi connectivity index (χ2v) is 5.91. The first-order chi connectivity index (χ1) is 9.53. The second-order valence-electron chi connectivity index (χ2n) is 5.52. The molecule has 20 heavy (non-hydrogen) atoms. The highest BCUT2D eigenvalue weighted by molar-refractivity contribution is 6.29. The Kier molecular flexibility index (Phi) is 3.30. The van der Waals surface area contributed by atoms with Crippen molar-refractivity contribution in [1.29, 1.82) is 0 Å². The number of hydrogen-bond acceptors (Lipinski definition) is 3. The van der Waals surface area contributed by atoms with Gasteiger partial charge in [-0.2, -0.15) is 0 Å². The monoisotopic (exact) mass is 289 g/mol. The summed E-state index contributed by atoms with van der Waals surface area (Å²) in [6.45, 7) is 4.53. The molecule has 0 N–H and O–H groups in total. The van der Waals surface area contributed by atoms with Crippen LogP contribution in [0.5, 0.6) is 11.5 Å². The molecule has 0 saturated heterocycles. The van der Waals surface area contributed by atoms with E-state index in [1.165, 1.54) is 5.56 Å². The molecule has 0 aliphatic carbocycles. The van der Waals surface area contributed by atoms with E-state index in [0.717, 1.165) is 23.6 Å². The van der Waals surface area contributed by atoms with E-state index in [-0.39, 0.29) is 5.60 Å². The Labute approximate surface area is 123 Å². The SMILES string of the molecule is CC1(C)Cc2cccc(OCc3cccc(Cl)n3)c2O1. The average Bonchev–Trinajstić information content (AvgIpc) is 2.71. The van der Waals surface area contributed by atoms with E-state index in [0.29, 0.717) is 11.8 Å². The van der Waals surface area contributed by atoms with Crippen LogP contribution in [-0.2, 0) is 13.0 Å². The maximum Gasteiger partial charge on any atom is 0.165 e. The van der Waals surface area contributed by atoms with Crippen LogP contribution in [0, 0.1) is 0 Å². The van der Waals surface area contributed by atoms with Crippen molar-refractivity contribution in [2.45, 2.75) is 32.5 Å². The summed E-state index contributed by atoms with van der Waals surface area (Å²) < 4.78 is 11.8. The van der Waals surface area contributed by atoms with Crippen LogP contribution in [-0.4, -0.2) is 10.6 Å². The first-order valence-corrected chi connectivity index (χ1v) is 6.96. The fourth-order valence-corrected chi connectivity index (χ4v) is 2.56. The largest absolute Gasteiger partial charge is 0.483 e. The van der Waals surface area contributed by atoms with Crippen LogP contribution in [0.25, 0.3) is 0 Å². The first-order valence-electron chi connectivity index (χ1n) is 6.59. The average molecular weight is 290 g/mol. The Morgan fingerprint density at radius 1 is 1.25 bits per heavy atom. The zero-order valence-corrected chi connectivity index (χ0v) is 12.3. The normalized spacial score (nSPS) is 15.6. The third-order valence-electron chi connectivity index (χ3n) is 3.20. The summed E-state index contributed by atoms with van der Waals surface area (Å²) in [4.78, 5) is 4.21. The molecule has 0 radical (unpaired) electrons. The fourth-order valence-electron chi connectivity index (χ4n) is 2.38. The third kappa shape index (κ3) is 2.73. The molecule has 0 amide bonds. The number of nitrogens with zero attached hydrogens (tertiary/aromatic N) is 1. The molecule has 0 bridgehead atoms. The van der Waals surface area contributed by atoms with Crippen LogP contribution in [0.1, 0.15) is 25.1 Å². The van der Waals surface area contributed by atoms with E-state index in [1.807, 2.05) is 24.3 Å². The van der Waals surface area contributed by atoms with Gasteiger partial charge in [0.15, 0.2) is 11.5 Å². The van der Waals surface area contributed by atoms with Gasteiger partial charge in [-0.15, -0.1) is 0 Å². The molecule has 4 heteroatoms. The third-order valence-corrected chi connectivity index (χ3v) is 3.41. The molecule has 0 unspecified atom stereocenters. The molecule has 104 valence electrons. The van der Waals surface area contributed by atoms with Crippen LogP contribution in [0.3, 0.4) is 0 Å². The Bertz CT molecular complexity index is 640. The molecule has 0 saturated carbocycles. The van der Waals surface area contributed by atoms with Crippen LogP contribution in [0.4, 0.5) is 0 Å². The van der Waals surface area contributed by atoms with Gasteiger partial charge in [0.1, 0.15) is 17.4 Å². The zero-order chi connectivity index (χ0) is 14.2. The summed E-state index contributed by atoms with van der Waals surface area (Å²) in [6, 6.07) is 11.5. The zero-order valence-electron chi connectivity index (χ0n) is 11.5. The molecule has 2 aromatic rings. The standard InChI is InChI=1S/C16H16ClNO2/c1-16(2)9-11-5-3-7-13(15(11)20-16)19-10-12-6-4-8-14(17)18-12/h3-8H,9-10H2,1-2H3. The number of halogens is 1. The number of rotatable bonds is 3. The van der Waals surface area contributed by atoms with Crippen molar-refractivity contribution >= 4 is 11.6 Å². The number of pyridine rings is 1. The Morgan fingerprint density at radius 2 is 2.05 bits per heavy atom. The van der Waals surface area contributed by atoms with Crippen LogP contribution < -0.4 is 9.47 Å². The van der Waals surface area contributed by atoms with Crippen LogP contribution >= 0.6 is 11.6 Å². The summed E-state index contributed by atoms with van der Waals surface area (Å²) in [5, 5.41) is 0.474. The topological polar surface area (TPSA) is 31.4 Å². The molecule has 0 atom stereocenters. The molecule has 0 fully saturated rings. The molecule has 1 aromatic heterocycles. The summed E-state index contributed by atoms with van der Waals surface area (Å²) >= 11 is 5.87. The van der Waals surface area contributed by atoms with E-state index >= 15 is 0 Å². The van der Waals surface area contributed by atoms with Gasteiger partial charge in [-0.3, -0.25) is 0 Å². The van der Waals surface area contributed by atoms with Gasteiger partial charge in [-0.25, -0.2) is 4.98 Å². The van der Waals surface area contributed by atoms with Gasteiger partial charge in [0, 0.05) is 12.0 Å². The van der Waals surface area contributed by atoms with Crippen molar-refractivity contribution in [3.63, 3.8) is 0 Å². The molecule has 3 rings (SSSR count). The lowest BCUT2D eigenvalue weighted by molar-refractivity contribution is 0.131. The quantitative estimate of drug-likeness (QED) is 0.800. The van der Waals surface area contributed by atoms with Gasteiger partial charge in [0.05, 0.1) is 5.69 Å². The maximum atomic E-state index is 5.97. The van der Waals surface area contributed by atoms with Crippen molar-refractivity contribution in [2.24, 2.45) is 0 Å². The van der Waals surface area contributed by atoms with Gasteiger partial charge >= 0.3 is 0 Å². The minimum absolute atomic E-state index is 0.171. The van der Waals surface area contributed by atoms with Crippen molar-refractivity contribution < 1.29 is 9.47 Å². The van der Waals surface area contributed by atoms with Crippen molar-refractivity contribution in [1.82, 2.24) is 4.98 Å². The summed E-state index contributed by atoms with van der Waals surface area (Å²) in [6.07, 6.45) is 0.898. The molecule has 0 spiro atoms. The van der Waals surface area contributed by atoms with E-state index < -0.39 is 0 Å². The predicted octanol–water partition coefficient (Wildman–Crippen LogP) is 4.03. The Hall–Kier alpha value is -1.74. The van der Waals surface area contributed by atoms with Gasteiger partial charge in [0.2, 0.25) is 0 Å². The molecule has 2 heterocycles. The molecule has 1 aliphatic rings. The van der Waals surface area contributed by atoms with Gasteiger partial charge in [0.25, 0.3) is 0 Å². The Morgan fingerprint density at radius 3 is 2.85 bits per heavy atom. The lowest BCUT2D eigenvalue weighted by atomic mass is 10.0. The van der Waals surface area contributed by atoms with Crippen LogP contribution in [0.2, 0.25) is 5.15 Å². The molecular formula is C16H16ClNO2. The lowest BCUT2D eigenvalue weighted by Gasteiger charge is -2.18. The van der Waals surface area contributed by atoms with E-state index in [4.69, 9.17) is 21.1 Å². The highest BCUT2D eigenvalue weighted by Gasteiger charge is 2.32. The number of fused-ring (bicyclic) bond motifs is 1. The van der Waals surface area contributed by atoms with E-state index in [1.54, 1.807) is 6.07 Å². The van der Waals surface area contributed by atoms with Crippen molar-refractivity contribution in [3.05, 3.63) is 52.8 Å². The smallest absolute Gasteiger partial charge is 0.165 e. The maximum absolute atomic E-state index is 5.97. The number of hydrogen-bond donors (Lipinski definition) is 0. The molecule has 1 aromatic carbocycles. The van der Waals surface area contributed by atoms with E-state index in [2.05, 4.69) is 24.9 Å². The lowest BCUT2D eigenvalue weighted by Crippen LogP contribution is -2.24. The van der Waals surface area contributed by atoms with Gasteiger partial charge in [-0.1, -0.05) is 29.8 Å². The van der Waals surface area contributed by atoms with Crippen molar-refractivity contribution in [2.75, 3.05) is 0 Å². The number of benzene rings is 1. The molecule has 3 nitrogen and oxygen atoms in total. The van der Waals surface area contributed by atoms with E-state index in [9.17, 15) is 0 Å². The summed E-state index contributed by atoms with van der Waals surface area (Å²) in [5.41, 5.74) is 1.81. The highest BCUT2D eigenvalue weighted by Crippen LogP contribution is 2.41. The fraction of sp³-hybridized carbons (Fsp3) is 0.312. The Balaban J connectivity index is 1.78. The van der Waals surface area contributed by atoms with Crippen LogP contribution in [0.15, 0.2) is 36.4 Å². The first kappa shape index (κ1) is 13.3. The predicted molar refractivity (Wildman–Crippen MR) is 78.4 cm³/mol. The second kappa shape index (κ2) is 4.98. The number of para-hydroxylation sites is 1. The minimum atomic E-state index is -0.171. The summed E-state index contributed by atoms with van der Waals surface area (Å²) in [5.74, 6) is 1.61. The van der Waals surface area contributed by atoms with Crippen molar-refractivity contribution in [3.8, 4) is 11.5 Å². The molecular weight excluding hydrogens is 274 g/mol. The minimum Gasteiger partial charge on any atom is -0.483 e. The van der Waals surface area contributed by atoms with Gasteiger partial charge in [-0.05, 0) is 32.0 Å². The summed E-state index contributed by atoms with van der Waals surface area (Å²) in [7, 11) is 0. The molecule has 1 aliphatic heterocycles. The number of aromatic nitrogens is 1.